The number of methoxy groups -OCH3 is 1. The van der Waals surface area contributed by atoms with Gasteiger partial charge in [0.15, 0.2) is 0 Å². The maximum Gasteiger partial charge on any atom is 0.326 e. The molecule has 6 heteroatoms. The highest BCUT2D eigenvalue weighted by molar-refractivity contribution is 5.87. The van der Waals surface area contributed by atoms with Crippen LogP contribution in [0.5, 0.6) is 0 Å². The molecule has 1 aliphatic rings. The van der Waals surface area contributed by atoms with Gasteiger partial charge in [-0.1, -0.05) is 24.3 Å². The molecule has 3 N–H and O–H groups in total. The van der Waals surface area contributed by atoms with Crippen LogP contribution in [0.25, 0.3) is 0 Å². The van der Waals surface area contributed by atoms with Gasteiger partial charge in [0.2, 0.25) is 5.91 Å². The van der Waals surface area contributed by atoms with Gasteiger partial charge in [0.1, 0.15) is 6.04 Å². The highest BCUT2D eigenvalue weighted by atomic mass is 16.5. The zero-order chi connectivity index (χ0) is 15.4. The van der Waals surface area contributed by atoms with E-state index < -0.39 is 18.1 Å². The normalized spacial score (nSPS) is 19.0. The number of ether oxygens (including phenoxy) is 1. The summed E-state index contributed by atoms with van der Waals surface area (Å²) >= 11 is 0. The number of nitrogens with zero attached hydrogens (tertiary/aromatic N) is 1. The number of benzene rings is 1. The molecule has 0 aliphatic carbocycles. The van der Waals surface area contributed by atoms with Gasteiger partial charge < -0.3 is 20.5 Å². The van der Waals surface area contributed by atoms with Crippen LogP contribution >= 0.6 is 0 Å². The standard InChI is InChI=1S/C15H20N2O4/c1-21-7-6-12(16)14(18)17-9-11-5-3-2-4-10(11)8-13(17)15(19)20/h2-5,12-13H,6-9,16H2,1H3,(H,19,20)/t12?,13-/m1/s1. The van der Waals surface area contributed by atoms with Crippen LogP contribution in [0.3, 0.4) is 0 Å². The van der Waals surface area contributed by atoms with Crippen molar-refractivity contribution < 1.29 is 19.4 Å². The summed E-state index contributed by atoms with van der Waals surface area (Å²) in [4.78, 5) is 25.2. The number of carboxylic acid groups (broad SMARTS) is 1. The highest BCUT2D eigenvalue weighted by Crippen LogP contribution is 2.24. The molecular formula is C15H20N2O4. The minimum Gasteiger partial charge on any atom is -0.480 e. The quantitative estimate of drug-likeness (QED) is 0.819. The number of aliphatic carboxylic acids is 1. The largest absolute Gasteiger partial charge is 0.480 e. The summed E-state index contributed by atoms with van der Waals surface area (Å²) in [7, 11) is 1.54. The Labute approximate surface area is 123 Å². The SMILES string of the molecule is COCCC(N)C(=O)N1Cc2ccccc2C[C@@H]1C(=O)O. The van der Waals surface area contributed by atoms with Crippen LogP contribution < -0.4 is 5.73 Å². The molecule has 6 nitrogen and oxygen atoms in total. The Morgan fingerprint density at radius 1 is 1.43 bits per heavy atom. The van der Waals surface area contributed by atoms with E-state index in [1.54, 1.807) is 0 Å². The second-order valence-corrected chi connectivity index (χ2v) is 5.18. The summed E-state index contributed by atoms with van der Waals surface area (Å²) < 4.78 is 4.91. The van der Waals surface area contributed by atoms with Gasteiger partial charge in [-0.15, -0.1) is 0 Å². The van der Waals surface area contributed by atoms with Crippen LogP contribution in [0, 0.1) is 0 Å². The Morgan fingerprint density at radius 2 is 2.10 bits per heavy atom. The summed E-state index contributed by atoms with van der Waals surface area (Å²) in [6.45, 7) is 0.654. The van der Waals surface area contributed by atoms with E-state index in [1.807, 2.05) is 24.3 Å². The first-order valence-corrected chi connectivity index (χ1v) is 6.89. The molecule has 1 heterocycles. The first kappa shape index (κ1) is 15.5. The number of hydrogen-bond donors (Lipinski definition) is 2. The third-order valence-corrected chi connectivity index (χ3v) is 3.77. The fourth-order valence-electron chi connectivity index (χ4n) is 2.56. The molecule has 114 valence electrons. The van der Waals surface area contributed by atoms with Gasteiger partial charge in [-0.2, -0.15) is 0 Å². The van der Waals surface area contributed by atoms with Crippen LogP contribution in [0.4, 0.5) is 0 Å². The van der Waals surface area contributed by atoms with E-state index in [2.05, 4.69) is 0 Å². The van der Waals surface area contributed by atoms with Crippen molar-refractivity contribution in [3.8, 4) is 0 Å². The van der Waals surface area contributed by atoms with E-state index in [1.165, 1.54) is 12.0 Å². The molecule has 1 aliphatic heterocycles. The monoisotopic (exact) mass is 292 g/mol. The Hall–Kier alpha value is -1.92. The van der Waals surface area contributed by atoms with Crippen LogP contribution in [0.1, 0.15) is 17.5 Å². The van der Waals surface area contributed by atoms with Crippen LogP contribution in [0.2, 0.25) is 0 Å². The summed E-state index contributed by atoms with van der Waals surface area (Å²) in [6.07, 6.45) is 0.689. The van der Waals surface area contributed by atoms with Crippen molar-refractivity contribution in [1.29, 1.82) is 0 Å². The van der Waals surface area contributed by atoms with Crippen LogP contribution in [0.15, 0.2) is 24.3 Å². The lowest BCUT2D eigenvalue weighted by atomic mass is 9.93. The zero-order valence-electron chi connectivity index (χ0n) is 12.0. The van der Waals surface area contributed by atoms with Gasteiger partial charge in [-0.25, -0.2) is 4.79 Å². The average molecular weight is 292 g/mol. The molecule has 1 amide bonds. The van der Waals surface area contributed by atoms with Crippen molar-refractivity contribution in [2.45, 2.75) is 31.5 Å². The van der Waals surface area contributed by atoms with Gasteiger partial charge in [0.05, 0.1) is 6.04 Å². The van der Waals surface area contributed by atoms with Crippen molar-refractivity contribution in [2.75, 3.05) is 13.7 Å². The van der Waals surface area contributed by atoms with Crippen molar-refractivity contribution in [1.82, 2.24) is 4.90 Å². The second-order valence-electron chi connectivity index (χ2n) is 5.18. The number of amides is 1. The molecule has 2 rings (SSSR count). The molecule has 21 heavy (non-hydrogen) atoms. The molecule has 1 aromatic carbocycles. The van der Waals surface area contributed by atoms with Crippen molar-refractivity contribution >= 4 is 11.9 Å². The predicted octanol–water partition coefficient (Wildman–Crippen LogP) is 0.388. The fourth-order valence-corrected chi connectivity index (χ4v) is 2.56. The Bertz CT molecular complexity index is 532. The Balaban J connectivity index is 2.20. The lowest BCUT2D eigenvalue weighted by Gasteiger charge is -2.35. The van der Waals surface area contributed by atoms with Crippen molar-refractivity contribution in [3.63, 3.8) is 0 Å². The lowest BCUT2D eigenvalue weighted by Crippen LogP contribution is -2.54. The third kappa shape index (κ3) is 3.40. The first-order chi connectivity index (χ1) is 10.0. The van der Waals surface area contributed by atoms with E-state index in [9.17, 15) is 14.7 Å². The minimum absolute atomic E-state index is 0.284. The number of nitrogens with two attached hydrogens (primary N) is 1. The molecule has 2 atom stereocenters. The van der Waals surface area contributed by atoms with E-state index in [4.69, 9.17) is 10.5 Å². The van der Waals surface area contributed by atoms with Crippen molar-refractivity contribution in [2.24, 2.45) is 5.73 Å². The molecule has 1 aromatic rings. The number of hydrogen-bond acceptors (Lipinski definition) is 4. The topological polar surface area (TPSA) is 92.9 Å². The van der Waals surface area contributed by atoms with Gasteiger partial charge in [-0.3, -0.25) is 4.79 Å². The molecule has 0 saturated carbocycles. The maximum absolute atomic E-state index is 12.4. The molecule has 0 saturated heterocycles. The lowest BCUT2D eigenvalue weighted by molar-refractivity contribution is -0.152. The molecule has 0 fully saturated rings. The number of carbonyl (C=O) groups excluding carboxylic acids is 1. The van der Waals surface area contributed by atoms with Crippen molar-refractivity contribution in [3.05, 3.63) is 35.4 Å². The average Bonchev–Trinajstić information content (AvgIpc) is 2.50. The van der Waals surface area contributed by atoms with Crippen LogP contribution in [-0.2, 0) is 27.3 Å². The predicted molar refractivity (Wildman–Crippen MR) is 76.6 cm³/mol. The molecule has 0 aromatic heterocycles. The smallest absolute Gasteiger partial charge is 0.326 e. The molecule has 0 radical (unpaired) electrons. The molecule has 1 unspecified atom stereocenters. The van der Waals surface area contributed by atoms with Gasteiger partial charge in [-0.05, 0) is 17.5 Å². The molecular weight excluding hydrogens is 272 g/mol. The summed E-state index contributed by atoms with van der Waals surface area (Å²) in [6, 6.07) is 5.97. The van der Waals surface area contributed by atoms with E-state index in [0.717, 1.165) is 11.1 Å². The van der Waals surface area contributed by atoms with Gasteiger partial charge in [0, 0.05) is 26.7 Å². The molecule has 0 bridgehead atoms. The highest BCUT2D eigenvalue weighted by Gasteiger charge is 2.36. The fraction of sp³-hybridized carbons (Fsp3) is 0.467. The summed E-state index contributed by atoms with van der Waals surface area (Å²) in [5.74, 6) is -1.34. The van der Waals surface area contributed by atoms with Crippen LogP contribution in [-0.4, -0.2) is 47.7 Å². The second kappa shape index (κ2) is 6.69. The maximum atomic E-state index is 12.4. The number of carbonyl (C=O) groups is 2. The number of rotatable bonds is 5. The van der Waals surface area contributed by atoms with E-state index >= 15 is 0 Å². The van der Waals surface area contributed by atoms with E-state index in [0.29, 0.717) is 19.4 Å². The summed E-state index contributed by atoms with van der Waals surface area (Å²) in [5, 5.41) is 9.38. The van der Waals surface area contributed by atoms with E-state index in [-0.39, 0.29) is 12.5 Å². The zero-order valence-corrected chi connectivity index (χ0v) is 12.0. The van der Waals surface area contributed by atoms with Gasteiger partial charge in [0.25, 0.3) is 0 Å². The number of fused-ring (bicyclic) bond motifs is 1. The Kier molecular flexibility index (Phi) is 4.93. The summed E-state index contributed by atoms with van der Waals surface area (Å²) in [5.41, 5.74) is 7.80. The Morgan fingerprint density at radius 3 is 2.71 bits per heavy atom. The number of carboxylic acids is 1. The molecule has 0 spiro atoms. The third-order valence-electron chi connectivity index (χ3n) is 3.77. The minimum atomic E-state index is -1.00. The van der Waals surface area contributed by atoms with Gasteiger partial charge >= 0.3 is 5.97 Å². The first-order valence-electron chi connectivity index (χ1n) is 6.89.